The Balaban J connectivity index is 1.01. The summed E-state index contributed by atoms with van der Waals surface area (Å²) in [6.45, 7) is 29.8. The SMILES string of the molecule is C=C(Br)C[C@H](O)CC[C@@]12CC3OC4[C@@H](O1)C1O[C@@H](CC(=O)C[C@H]5C(C[C@H]6O[C@@H](CCCC)C[C@@H](C)C6=C)O[C@H](C[C@H](C)CO[Si](C)(C)C(C)(C)C)[C@@H]5C)CC[C@@H]1O[C@H]4[C@H]3O2. The molecule has 0 radical (unpaired) electrons. The van der Waals surface area contributed by atoms with Gasteiger partial charge in [0.1, 0.15) is 36.3 Å². The average molecular weight is 924 g/mol. The van der Waals surface area contributed by atoms with Crippen LogP contribution < -0.4 is 0 Å². The van der Waals surface area contributed by atoms with Gasteiger partial charge in [-0.05, 0) is 90.4 Å². The number of unbranched alkanes of at least 4 members (excludes halogenated alkanes) is 1. The van der Waals surface area contributed by atoms with Gasteiger partial charge >= 0.3 is 0 Å². The molecule has 0 aromatic heterocycles. The van der Waals surface area contributed by atoms with Crippen molar-refractivity contribution in [2.75, 3.05) is 6.61 Å². The van der Waals surface area contributed by atoms with Crippen molar-refractivity contribution in [2.24, 2.45) is 23.7 Å². The number of hydrogen-bond acceptors (Lipinski definition) is 10. The summed E-state index contributed by atoms with van der Waals surface area (Å²) in [5.74, 6) is 0.374. The first kappa shape index (κ1) is 47.4. The molecule has 4 unspecified atom stereocenters. The Morgan fingerprint density at radius 1 is 0.967 bits per heavy atom. The highest BCUT2D eigenvalue weighted by Crippen LogP contribution is 2.54. The standard InChI is InChI=1S/C48H79BrO10Si/c1-12-13-14-34-20-28(3)30(5)39(53-34)24-40-36(31(6)38(55-40)19-27(2)26-52-60(10,11)47(7,8)9)23-33(51)22-35-15-16-37-42(54-35)46-45-44(56-37)43-41(57-45)25-48(58-43,59-46)18-17-32(50)21-29(4)49/h27-28,31-32,34-46,50H,4-5,12-26H2,1-3,6-11H3/t27-,28+,31+,32+,34-,35+,36+,37-,38+,39+,40?,41?,42?,43-,44-,45?,46-,48-/m0/s1. The van der Waals surface area contributed by atoms with E-state index in [9.17, 15) is 9.90 Å². The summed E-state index contributed by atoms with van der Waals surface area (Å²) in [5, 5.41) is 10.8. The van der Waals surface area contributed by atoms with Crippen LogP contribution in [0.4, 0.5) is 0 Å². The first-order valence-electron chi connectivity index (χ1n) is 23.7. The van der Waals surface area contributed by atoms with Gasteiger partial charge < -0.3 is 42.7 Å². The molecule has 8 saturated heterocycles. The number of fused-ring (bicyclic) bond motifs is 1. The number of carbonyl (C=O) groups is 1. The van der Waals surface area contributed by atoms with E-state index >= 15 is 0 Å². The van der Waals surface area contributed by atoms with E-state index < -0.39 is 20.2 Å². The average Bonchev–Trinajstić information content (AvgIpc) is 3.71. The molecule has 1 N–H and O–H groups in total. The molecule has 0 spiro atoms. The molecule has 8 aliphatic rings. The zero-order valence-corrected chi connectivity index (χ0v) is 40.9. The lowest BCUT2D eigenvalue weighted by atomic mass is 9.78. The first-order chi connectivity index (χ1) is 28.3. The van der Waals surface area contributed by atoms with Crippen molar-refractivity contribution in [1.82, 2.24) is 0 Å². The highest BCUT2D eigenvalue weighted by atomic mass is 79.9. The quantitative estimate of drug-likeness (QED) is 0.0994. The zero-order valence-electron chi connectivity index (χ0n) is 38.3. The van der Waals surface area contributed by atoms with Crippen LogP contribution in [0, 0.1) is 23.7 Å². The van der Waals surface area contributed by atoms with Crippen LogP contribution in [-0.4, -0.2) is 111 Å². The van der Waals surface area contributed by atoms with Crippen LogP contribution in [0.15, 0.2) is 23.2 Å². The van der Waals surface area contributed by atoms with Crippen molar-refractivity contribution >= 4 is 30.0 Å². The van der Waals surface area contributed by atoms with Crippen LogP contribution in [0.5, 0.6) is 0 Å². The van der Waals surface area contributed by atoms with E-state index in [1.54, 1.807) is 0 Å². The highest BCUT2D eigenvalue weighted by molar-refractivity contribution is 9.11. The second-order valence-corrected chi connectivity index (χ2v) is 27.6. The Morgan fingerprint density at radius 3 is 2.40 bits per heavy atom. The van der Waals surface area contributed by atoms with Gasteiger partial charge in [-0.25, -0.2) is 0 Å². The molecule has 0 aliphatic carbocycles. The number of aliphatic hydroxyl groups excluding tert-OH is 1. The largest absolute Gasteiger partial charge is 0.417 e. The minimum absolute atomic E-state index is 0.0397. The van der Waals surface area contributed by atoms with Crippen LogP contribution in [0.3, 0.4) is 0 Å². The Morgan fingerprint density at radius 2 is 1.68 bits per heavy atom. The Labute approximate surface area is 371 Å². The number of aliphatic hydroxyl groups is 1. The van der Waals surface area contributed by atoms with Crippen molar-refractivity contribution in [1.29, 1.82) is 0 Å². The van der Waals surface area contributed by atoms with E-state index in [2.05, 4.69) is 90.6 Å². The molecule has 0 aromatic rings. The molecule has 10 nitrogen and oxygen atoms in total. The van der Waals surface area contributed by atoms with Gasteiger partial charge in [-0.1, -0.05) is 90.4 Å². The topological polar surface area (TPSA) is 111 Å². The maximum absolute atomic E-state index is 14.3. The first-order valence-corrected chi connectivity index (χ1v) is 27.4. The van der Waals surface area contributed by atoms with Crippen molar-refractivity contribution in [3.8, 4) is 0 Å². The Hall–Kier alpha value is -0.513. The van der Waals surface area contributed by atoms with E-state index in [-0.39, 0.29) is 95.9 Å². The highest BCUT2D eigenvalue weighted by Gasteiger charge is 2.68. The van der Waals surface area contributed by atoms with Crippen LogP contribution in [0.1, 0.15) is 138 Å². The summed E-state index contributed by atoms with van der Waals surface area (Å²) in [4.78, 5) is 14.3. The van der Waals surface area contributed by atoms with Gasteiger partial charge in [-0.2, -0.15) is 0 Å². The second kappa shape index (κ2) is 19.1. The molecule has 0 amide bonds. The number of hydrogen-bond donors (Lipinski definition) is 1. The molecule has 12 heteroatoms. The van der Waals surface area contributed by atoms with E-state index in [0.29, 0.717) is 50.4 Å². The van der Waals surface area contributed by atoms with Crippen LogP contribution in [0.25, 0.3) is 0 Å². The molecule has 8 aliphatic heterocycles. The van der Waals surface area contributed by atoms with Crippen molar-refractivity contribution in [2.45, 2.75) is 242 Å². The molecule has 0 saturated carbocycles. The predicted molar refractivity (Wildman–Crippen MR) is 238 cm³/mol. The van der Waals surface area contributed by atoms with Gasteiger partial charge in [0.15, 0.2) is 14.1 Å². The lowest BCUT2D eigenvalue weighted by molar-refractivity contribution is -0.292. The van der Waals surface area contributed by atoms with Gasteiger partial charge in [0, 0.05) is 45.1 Å². The van der Waals surface area contributed by atoms with Crippen molar-refractivity contribution in [3.63, 3.8) is 0 Å². The molecule has 0 aromatic carbocycles. The van der Waals surface area contributed by atoms with Gasteiger partial charge in [0.05, 0.1) is 48.8 Å². The fraction of sp³-hybridized carbons (Fsp3) is 0.896. The summed E-state index contributed by atoms with van der Waals surface area (Å²) >= 11 is 3.38. The number of ether oxygens (including phenoxy) is 7. The second-order valence-electron chi connectivity index (χ2n) is 21.7. The van der Waals surface area contributed by atoms with Crippen molar-refractivity contribution in [3.05, 3.63) is 23.2 Å². The maximum atomic E-state index is 14.3. The van der Waals surface area contributed by atoms with E-state index in [1.807, 2.05) is 0 Å². The Bertz CT molecular complexity index is 1520. The van der Waals surface area contributed by atoms with Crippen LogP contribution in [-0.2, 0) is 42.4 Å². The third-order valence-electron chi connectivity index (χ3n) is 15.9. The normalized spacial score (nSPS) is 42.2. The molecule has 8 fully saturated rings. The molecular weight excluding hydrogens is 845 g/mol. The molecule has 18 atom stereocenters. The molecule has 8 heterocycles. The lowest BCUT2D eigenvalue weighted by Crippen LogP contribution is -2.61. The van der Waals surface area contributed by atoms with Gasteiger partial charge in [0.25, 0.3) is 0 Å². The number of carbonyl (C=O) groups excluding carboxylic acids is 1. The molecule has 6 bridgehead atoms. The minimum Gasteiger partial charge on any atom is -0.417 e. The molecule has 60 heavy (non-hydrogen) atoms. The van der Waals surface area contributed by atoms with E-state index in [0.717, 1.165) is 68.0 Å². The monoisotopic (exact) mass is 922 g/mol. The van der Waals surface area contributed by atoms with E-state index in [4.69, 9.17) is 37.6 Å². The smallest absolute Gasteiger partial charge is 0.191 e. The summed E-state index contributed by atoms with van der Waals surface area (Å²) in [5.41, 5.74) is 1.16. The molecular formula is C48H79BrO10Si. The fourth-order valence-corrected chi connectivity index (χ4v) is 12.7. The van der Waals surface area contributed by atoms with Crippen molar-refractivity contribution < 1.29 is 47.5 Å². The summed E-state index contributed by atoms with van der Waals surface area (Å²) in [6, 6.07) is 0. The number of Topliss-reactive ketones (excluding diaryl/α,β-unsaturated/α-hetero) is 1. The van der Waals surface area contributed by atoms with Crippen LogP contribution >= 0.6 is 15.9 Å². The number of rotatable bonds is 19. The number of halogens is 1. The maximum Gasteiger partial charge on any atom is 0.191 e. The third-order valence-corrected chi connectivity index (χ3v) is 20.7. The summed E-state index contributed by atoms with van der Waals surface area (Å²) < 4.78 is 54.9. The van der Waals surface area contributed by atoms with Gasteiger partial charge in [0.2, 0.25) is 0 Å². The number of ketones is 1. The molecule has 8 rings (SSSR count). The van der Waals surface area contributed by atoms with E-state index in [1.165, 1.54) is 0 Å². The minimum atomic E-state index is -1.88. The van der Waals surface area contributed by atoms with Crippen LogP contribution in [0.2, 0.25) is 18.1 Å². The Kier molecular flexibility index (Phi) is 15.1. The predicted octanol–water partition coefficient (Wildman–Crippen LogP) is 9.74. The zero-order chi connectivity index (χ0) is 43.3. The summed E-state index contributed by atoms with van der Waals surface area (Å²) in [7, 11) is -1.88. The van der Waals surface area contributed by atoms with Gasteiger partial charge in [-0.15, -0.1) is 0 Å². The molecule has 342 valence electrons. The lowest BCUT2D eigenvalue weighted by Gasteiger charge is -2.47. The fourth-order valence-electron chi connectivity index (χ4n) is 11.2. The summed E-state index contributed by atoms with van der Waals surface area (Å²) in [6.07, 6.45) is 8.22. The van der Waals surface area contributed by atoms with Gasteiger partial charge in [-0.3, -0.25) is 4.79 Å². The third kappa shape index (κ3) is 10.5.